The van der Waals surface area contributed by atoms with Crippen LogP contribution >= 0.6 is 0 Å². The molecule has 1 atom stereocenters. The topological polar surface area (TPSA) is 35.9 Å². The molecule has 0 amide bonds. The molecule has 0 saturated heterocycles. The van der Waals surface area contributed by atoms with E-state index in [1.165, 1.54) is 16.5 Å². The first kappa shape index (κ1) is 28.7. The van der Waals surface area contributed by atoms with Gasteiger partial charge in [0, 0.05) is 12.5 Å². The van der Waals surface area contributed by atoms with Crippen LogP contribution in [0.15, 0.2) is 109 Å². The average Bonchev–Trinajstić information content (AvgIpc) is 2.96. The highest BCUT2D eigenvalue weighted by molar-refractivity contribution is 6.85. The lowest BCUT2D eigenvalue weighted by molar-refractivity contribution is 0.314. The predicted molar refractivity (Wildman–Crippen MR) is 168 cm³/mol. The van der Waals surface area contributed by atoms with Gasteiger partial charge in [-0.05, 0) is 70.9 Å². The average molecular weight is 518 g/mol. The van der Waals surface area contributed by atoms with Crippen molar-refractivity contribution in [1.29, 1.82) is 0 Å². The van der Waals surface area contributed by atoms with Gasteiger partial charge in [-0.1, -0.05) is 108 Å². The summed E-state index contributed by atoms with van der Waals surface area (Å²) in [7, 11) is 8.44. The summed E-state index contributed by atoms with van der Waals surface area (Å²) in [6.07, 6.45) is 1.90. The maximum Gasteiger partial charge on any atom is 0.210 e. The summed E-state index contributed by atoms with van der Waals surface area (Å²) in [4.78, 5) is 4.46. The summed E-state index contributed by atoms with van der Waals surface area (Å²) >= 11 is 0. The van der Waals surface area contributed by atoms with Crippen LogP contribution in [0, 0.1) is 0 Å². The minimum absolute atomic E-state index is 0.0445. The molecule has 0 fully saturated rings. The largest absolute Gasteiger partial charge is 0.457 e. The van der Waals surface area contributed by atoms with E-state index < -0.39 is 0 Å². The summed E-state index contributed by atoms with van der Waals surface area (Å²) in [6.45, 7) is 1.52. The van der Waals surface area contributed by atoms with Crippen molar-refractivity contribution in [2.24, 2.45) is 0 Å². The quantitative estimate of drug-likeness (QED) is 0.270. The fraction of sp³-hybridized carbons (Fsp3) is 0.273. The van der Waals surface area contributed by atoms with Crippen molar-refractivity contribution in [2.45, 2.75) is 18.7 Å². The molecule has 0 bridgehead atoms. The molecule has 1 unspecified atom stereocenters. The highest BCUT2D eigenvalue weighted by atomic mass is 16.5. The monoisotopic (exact) mass is 518 g/mol. The first-order valence-electron chi connectivity index (χ1n) is 13.8. The summed E-state index contributed by atoms with van der Waals surface area (Å²) < 4.78 is 6.20. The standard InChI is InChI=1S/C33H40B2N2O2/c1-36(2)24-23-35(29-13-9-6-10-14-29)30-17-21-32(22-18-30)39-31-19-15-28(16-20-31)34(26-38)25-33(37(3)4)27-11-7-5-8-12-27/h5-22,33,38H,23-26H2,1-4H3. The van der Waals surface area contributed by atoms with Crippen molar-refractivity contribution in [3.63, 3.8) is 0 Å². The number of aliphatic hydroxyl groups is 1. The number of nitrogens with zero attached hydrogens (tertiary/aromatic N) is 2. The SMILES string of the molecule is CN(C)CCB(c1ccccc1)c1ccc(Oc2ccc(B(CO)CC(c3ccccc3)N(C)C)cc2)cc1. The van der Waals surface area contributed by atoms with E-state index in [4.69, 9.17) is 4.74 Å². The third-order valence-corrected chi connectivity index (χ3v) is 7.47. The molecular formula is C33H40B2N2O2. The molecule has 1 N–H and O–H groups in total. The molecule has 0 saturated carbocycles. The summed E-state index contributed by atoms with van der Waals surface area (Å²) in [5.41, 5.74) is 5.02. The van der Waals surface area contributed by atoms with Gasteiger partial charge in [0.15, 0.2) is 0 Å². The Hall–Kier alpha value is -3.31. The Morgan fingerprint density at radius 3 is 1.69 bits per heavy atom. The summed E-state index contributed by atoms with van der Waals surface area (Å²) in [5, 5.41) is 10.2. The Bertz CT molecular complexity index is 1250. The van der Waals surface area contributed by atoms with Gasteiger partial charge in [0.05, 0.1) is 0 Å². The van der Waals surface area contributed by atoms with Crippen LogP contribution in [0.5, 0.6) is 11.5 Å². The van der Waals surface area contributed by atoms with Crippen LogP contribution in [0.25, 0.3) is 0 Å². The maximum atomic E-state index is 10.2. The smallest absolute Gasteiger partial charge is 0.210 e. The normalized spacial score (nSPS) is 12.0. The number of hydrogen-bond acceptors (Lipinski definition) is 4. The van der Waals surface area contributed by atoms with Gasteiger partial charge in [-0.15, -0.1) is 0 Å². The number of ether oxygens (including phenoxy) is 1. The van der Waals surface area contributed by atoms with Crippen molar-refractivity contribution in [3.05, 3.63) is 115 Å². The van der Waals surface area contributed by atoms with E-state index in [2.05, 4.69) is 129 Å². The highest BCUT2D eigenvalue weighted by Gasteiger charge is 2.24. The van der Waals surface area contributed by atoms with Gasteiger partial charge >= 0.3 is 0 Å². The van der Waals surface area contributed by atoms with Crippen LogP contribution in [-0.2, 0) is 0 Å². The Labute approximate surface area is 235 Å². The molecule has 4 rings (SSSR count). The first-order chi connectivity index (χ1) is 18.9. The molecule has 200 valence electrons. The predicted octanol–water partition coefficient (Wildman–Crippen LogP) is 4.19. The Morgan fingerprint density at radius 1 is 0.667 bits per heavy atom. The first-order valence-corrected chi connectivity index (χ1v) is 13.8. The lowest BCUT2D eigenvalue weighted by atomic mass is 9.38. The van der Waals surface area contributed by atoms with Gasteiger partial charge in [0.25, 0.3) is 0 Å². The molecule has 0 spiro atoms. The van der Waals surface area contributed by atoms with E-state index in [0.717, 1.165) is 36.1 Å². The third kappa shape index (κ3) is 8.09. The van der Waals surface area contributed by atoms with Crippen molar-refractivity contribution in [2.75, 3.05) is 41.2 Å². The molecule has 0 heterocycles. The van der Waals surface area contributed by atoms with E-state index in [1.807, 2.05) is 18.2 Å². The Kier molecular flexibility index (Phi) is 10.4. The van der Waals surface area contributed by atoms with Crippen molar-refractivity contribution in [1.82, 2.24) is 9.80 Å². The van der Waals surface area contributed by atoms with Gasteiger partial charge in [0.2, 0.25) is 13.4 Å². The molecule has 0 aliphatic rings. The fourth-order valence-corrected chi connectivity index (χ4v) is 5.22. The second-order valence-corrected chi connectivity index (χ2v) is 10.8. The maximum absolute atomic E-state index is 10.2. The van der Waals surface area contributed by atoms with Crippen LogP contribution in [0.2, 0.25) is 12.6 Å². The number of hydrogen-bond donors (Lipinski definition) is 1. The molecule has 0 aromatic heterocycles. The van der Waals surface area contributed by atoms with Gasteiger partial charge in [-0.3, -0.25) is 0 Å². The van der Waals surface area contributed by atoms with Crippen LogP contribution in [0.1, 0.15) is 11.6 Å². The van der Waals surface area contributed by atoms with Crippen LogP contribution < -0.4 is 21.1 Å². The zero-order chi connectivity index (χ0) is 27.6. The molecule has 6 heteroatoms. The van der Waals surface area contributed by atoms with E-state index in [9.17, 15) is 5.11 Å². The molecule has 4 nitrogen and oxygen atoms in total. The van der Waals surface area contributed by atoms with Crippen molar-refractivity contribution < 1.29 is 9.84 Å². The number of rotatable bonds is 13. The van der Waals surface area contributed by atoms with Gasteiger partial charge in [-0.25, -0.2) is 0 Å². The Balaban J connectivity index is 1.43. The zero-order valence-corrected chi connectivity index (χ0v) is 23.7. The molecule has 0 aliphatic carbocycles. The van der Waals surface area contributed by atoms with Crippen LogP contribution in [0.4, 0.5) is 0 Å². The van der Waals surface area contributed by atoms with Gasteiger partial charge < -0.3 is 19.6 Å². The summed E-state index contributed by atoms with van der Waals surface area (Å²) in [6, 6.07) is 38.1. The minimum Gasteiger partial charge on any atom is -0.457 e. The number of benzene rings is 4. The van der Waals surface area contributed by atoms with E-state index in [0.29, 0.717) is 6.71 Å². The van der Waals surface area contributed by atoms with Crippen LogP contribution in [-0.4, -0.2) is 69.6 Å². The fourth-order valence-electron chi connectivity index (χ4n) is 5.22. The molecule has 4 aromatic carbocycles. The molecule has 39 heavy (non-hydrogen) atoms. The highest BCUT2D eigenvalue weighted by Crippen LogP contribution is 2.25. The lowest BCUT2D eigenvalue weighted by Crippen LogP contribution is -2.43. The second-order valence-electron chi connectivity index (χ2n) is 10.8. The number of aliphatic hydroxyl groups excluding tert-OH is 1. The third-order valence-electron chi connectivity index (χ3n) is 7.47. The zero-order valence-electron chi connectivity index (χ0n) is 23.7. The lowest BCUT2D eigenvalue weighted by Gasteiger charge is -2.27. The molecule has 4 aromatic rings. The molecular weight excluding hydrogens is 478 g/mol. The van der Waals surface area contributed by atoms with Gasteiger partial charge in [-0.2, -0.15) is 0 Å². The second kappa shape index (κ2) is 14.2. The van der Waals surface area contributed by atoms with Gasteiger partial charge in [0.1, 0.15) is 11.5 Å². The minimum atomic E-state index is 0.0445. The van der Waals surface area contributed by atoms with E-state index in [1.54, 1.807) is 0 Å². The summed E-state index contributed by atoms with van der Waals surface area (Å²) in [5.74, 6) is 1.61. The molecule has 0 radical (unpaired) electrons. The van der Waals surface area contributed by atoms with E-state index in [-0.39, 0.29) is 19.3 Å². The van der Waals surface area contributed by atoms with Crippen molar-refractivity contribution >= 4 is 29.8 Å². The molecule has 0 aliphatic heterocycles. The Morgan fingerprint density at radius 2 is 1.18 bits per heavy atom. The van der Waals surface area contributed by atoms with Crippen molar-refractivity contribution in [3.8, 4) is 11.5 Å². The van der Waals surface area contributed by atoms with Crippen LogP contribution in [0.3, 0.4) is 0 Å². The van der Waals surface area contributed by atoms with E-state index >= 15 is 0 Å².